The number of carbonyl (C=O) groups excluding carboxylic acids is 1. The summed E-state index contributed by atoms with van der Waals surface area (Å²) in [6.45, 7) is 2.75. The molecule has 1 aliphatic heterocycles. The maximum atomic E-state index is 12.2. The smallest absolute Gasteiger partial charge is 0.257 e. The van der Waals surface area contributed by atoms with Crippen LogP contribution in [-0.4, -0.2) is 59.6 Å². The molecule has 1 aromatic rings. The minimum Gasteiger partial charge on any atom is -0.508 e. The normalized spacial score (nSPS) is 19.6. The molecule has 104 valence electrons. The third-order valence-corrected chi connectivity index (χ3v) is 3.58. The number of hydrogen-bond donors (Lipinski definition) is 2. The predicted molar refractivity (Wildman–Crippen MR) is 72.3 cm³/mol. The molecule has 1 aromatic carbocycles. The van der Waals surface area contributed by atoms with E-state index in [0.717, 1.165) is 19.5 Å². The molecule has 2 rings (SSSR count). The van der Waals surface area contributed by atoms with Gasteiger partial charge in [0.05, 0.1) is 5.56 Å². The number of benzene rings is 1. The van der Waals surface area contributed by atoms with Crippen LogP contribution < -0.4 is 0 Å². The molecule has 1 heterocycles. The van der Waals surface area contributed by atoms with Crippen molar-refractivity contribution in [2.45, 2.75) is 6.42 Å². The topological polar surface area (TPSA) is 64.0 Å². The molecule has 0 spiro atoms. The third kappa shape index (κ3) is 3.17. The van der Waals surface area contributed by atoms with Gasteiger partial charge in [-0.2, -0.15) is 0 Å². The summed E-state index contributed by atoms with van der Waals surface area (Å²) in [6.07, 6.45) is 1.09. The first-order valence-corrected chi connectivity index (χ1v) is 6.43. The van der Waals surface area contributed by atoms with E-state index in [9.17, 15) is 15.0 Å². The Labute approximate surface area is 113 Å². The number of amides is 1. The van der Waals surface area contributed by atoms with E-state index in [1.807, 2.05) is 0 Å². The number of phenolic OH excluding ortho intramolecular Hbond substituents is 2. The van der Waals surface area contributed by atoms with Crippen LogP contribution >= 0.6 is 0 Å². The van der Waals surface area contributed by atoms with Crippen molar-refractivity contribution in [1.29, 1.82) is 0 Å². The van der Waals surface area contributed by atoms with Gasteiger partial charge in [0.25, 0.3) is 5.91 Å². The van der Waals surface area contributed by atoms with Gasteiger partial charge >= 0.3 is 0 Å². The van der Waals surface area contributed by atoms with Crippen LogP contribution in [0.3, 0.4) is 0 Å². The average molecular weight is 264 g/mol. The van der Waals surface area contributed by atoms with Crippen LogP contribution in [0.5, 0.6) is 11.5 Å². The number of hydrogen-bond acceptors (Lipinski definition) is 4. The highest BCUT2D eigenvalue weighted by molar-refractivity contribution is 5.96. The van der Waals surface area contributed by atoms with E-state index in [-0.39, 0.29) is 23.0 Å². The standard InChI is InChI=1S/C14H20N2O3/c1-15-6-5-10(8-15)9-16(2)14(19)12-4-3-11(17)7-13(12)18/h3-4,7,10,17-18H,5-6,8-9H2,1-2H3. The summed E-state index contributed by atoms with van der Waals surface area (Å²) in [5.74, 6) is 0.0415. The molecule has 5 heteroatoms. The summed E-state index contributed by atoms with van der Waals surface area (Å²) < 4.78 is 0. The van der Waals surface area contributed by atoms with Crippen LogP contribution in [0.1, 0.15) is 16.8 Å². The summed E-state index contributed by atoms with van der Waals surface area (Å²) in [6, 6.07) is 4.04. The Morgan fingerprint density at radius 3 is 2.79 bits per heavy atom. The van der Waals surface area contributed by atoms with E-state index in [4.69, 9.17) is 0 Å². The summed E-state index contributed by atoms with van der Waals surface area (Å²) in [5, 5.41) is 18.9. The highest BCUT2D eigenvalue weighted by Gasteiger charge is 2.24. The number of carbonyl (C=O) groups is 1. The number of rotatable bonds is 3. The van der Waals surface area contributed by atoms with Crippen LogP contribution in [0.15, 0.2) is 18.2 Å². The van der Waals surface area contributed by atoms with E-state index >= 15 is 0 Å². The molecule has 0 saturated carbocycles. The fourth-order valence-electron chi connectivity index (χ4n) is 2.55. The Hall–Kier alpha value is -1.75. The molecular formula is C14H20N2O3. The van der Waals surface area contributed by atoms with Crippen LogP contribution in [-0.2, 0) is 0 Å². The molecule has 1 fully saturated rings. The number of aromatic hydroxyl groups is 2. The average Bonchev–Trinajstić information content (AvgIpc) is 2.74. The molecule has 2 N–H and O–H groups in total. The lowest BCUT2D eigenvalue weighted by molar-refractivity contribution is 0.0771. The van der Waals surface area contributed by atoms with Gasteiger partial charge in [-0.1, -0.05) is 0 Å². The molecule has 1 atom stereocenters. The molecule has 0 radical (unpaired) electrons. The predicted octanol–water partition coefficient (Wildman–Crippen LogP) is 1.12. The van der Waals surface area contributed by atoms with Crippen LogP contribution in [0, 0.1) is 5.92 Å². The Balaban J connectivity index is 2.02. The van der Waals surface area contributed by atoms with Gasteiger partial charge in [-0.3, -0.25) is 4.79 Å². The summed E-state index contributed by atoms with van der Waals surface area (Å²) in [4.78, 5) is 16.1. The van der Waals surface area contributed by atoms with Gasteiger partial charge < -0.3 is 20.0 Å². The van der Waals surface area contributed by atoms with Crippen molar-refractivity contribution < 1.29 is 15.0 Å². The fourth-order valence-corrected chi connectivity index (χ4v) is 2.55. The van der Waals surface area contributed by atoms with Crippen molar-refractivity contribution in [2.75, 3.05) is 33.7 Å². The van der Waals surface area contributed by atoms with Gasteiger partial charge in [0.2, 0.25) is 0 Å². The van der Waals surface area contributed by atoms with Gasteiger partial charge in [0.1, 0.15) is 11.5 Å². The maximum Gasteiger partial charge on any atom is 0.257 e. The van der Waals surface area contributed by atoms with E-state index in [0.29, 0.717) is 12.5 Å². The van der Waals surface area contributed by atoms with E-state index in [2.05, 4.69) is 11.9 Å². The number of nitrogens with zero attached hydrogens (tertiary/aromatic N) is 2. The van der Waals surface area contributed by atoms with Gasteiger partial charge in [0, 0.05) is 26.2 Å². The first kappa shape index (κ1) is 13.7. The van der Waals surface area contributed by atoms with Gasteiger partial charge in [0.15, 0.2) is 0 Å². The van der Waals surface area contributed by atoms with Crippen molar-refractivity contribution in [2.24, 2.45) is 5.92 Å². The lowest BCUT2D eigenvalue weighted by atomic mass is 10.1. The third-order valence-electron chi connectivity index (χ3n) is 3.58. The second-order valence-electron chi connectivity index (χ2n) is 5.30. The first-order valence-electron chi connectivity index (χ1n) is 6.43. The van der Waals surface area contributed by atoms with Gasteiger partial charge in [-0.25, -0.2) is 0 Å². The molecule has 0 bridgehead atoms. The van der Waals surface area contributed by atoms with Crippen molar-refractivity contribution in [3.05, 3.63) is 23.8 Å². The Morgan fingerprint density at radius 1 is 1.47 bits per heavy atom. The first-order chi connectivity index (χ1) is 8.97. The second-order valence-corrected chi connectivity index (χ2v) is 5.30. The zero-order chi connectivity index (χ0) is 14.0. The van der Waals surface area contributed by atoms with Crippen LogP contribution in [0.2, 0.25) is 0 Å². The minimum atomic E-state index is -0.216. The Morgan fingerprint density at radius 2 is 2.21 bits per heavy atom. The molecule has 1 aliphatic rings. The van der Waals surface area contributed by atoms with E-state index < -0.39 is 0 Å². The molecule has 1 amide bonds. The van der Waals surface area contributed by atoms with Crippen molar-refractivity contribution in [3.63, 3.8) is 0 Å². The van der Waals surface area contributed by atoms with Gasteiger partial charge in [-0.05, 0) is 38.1 Å². The van der Waals surface area contributed by atoms with Crippen molar-refractivity contribution in [3.8, 4) is 11.5 Å². The fraction of sp³-hybridized carbons (Fsp3) is 0.500. The second kappa shape index (κ2) is 5.48. The maximum absolute atomic E-state index is 12.2. The molecular weight excluding hydrogens is 244 g/mol. The summed E-state index contributed by atoms with van der Waals surface area (Å²) in [5.41, 5.74) is 0.228. The molecule has 1 saturated heterocycles. The SMILES string of the molecule is CN1CCC(CN(C)C(=O)c2ccc(O)cc2O)C1. The lowest BCUT2D eigenvalue weighted by Gasteiger charge is -2.21. The molecule has 0 aromatic heterocycles. The zero-order valence-electron chi connectivity index (χ0n) is 11.3. The quantitative estimate of drug-likeness (QED) is 0.858. The minimum absolute atomic E-state index is 0.0471. The monoisotopic (exact) mass is 264 g/mol. The van der Waals surface area contributed by atoms with Crippen molar-refractivity contribution in [1.82, 2.24) is 9.80 Å². The van der Waals surface area contributed by atoms with Gasteiger partial charge in [-0.15, -0.1) is 0 Å². The molecule has 5 nitrogen and oxygen atoms in total. The zero-order valence-corrected chi connectivity index (χ0v) is 11.3. The van der Waals surface area contributed by atoms with Crippen LogP contribution in [0.4, 0.5) is 0 Å². The summed E-state index contributed by atoms with van der Waals surface area (Å²) >= 11 is 0. The van der Waals surface area contributed by atoms with Crippen LogP contribution in [0.25, 0.3) is 0 Å². The Kier molecular flexibility index (Phi) is 3.95. The Bertz CT molecular complexity index is 476. The van der Waals surface area contributed by atoms with Crippen molar-refractivity contribution >= 4 is 5.91 Å². The molecule has 19 heavy (non-hydrogen) atoms. The summed E-state index contributed by atoms with van der Waals surface area (Å²) in [7, 11) is 3.82. The molecule has 0 aliphatic carbocycles. The lowest BCUT2D eigenvalue weighted by Crippen LogP contribution is -2.32. The van der Waals surface area contributed by atoms with E-state index in [1.54, 1.807) is 11.9 Å². The highest BCUT2D eigenvalue weighted by Crippen LogP contribution is 2.24. The number of phenols is 2. The molecule has 1 unspecified atom stereocenters. The number of likely N-dealkylation sites (tertiary alicyclic amines) is 1. The largest absolute Gasteiger partial charge is 0.508 e. The van der Waals surface area contributed by atoms with E-state index in [1.165, 1.54) is 18.2 Å². The highest BCUT2D eigenvalue weighted by atomic mass is 16.3.